The second-order valence-electron chi connectivity index (χ2n) is 3.87. The Morgan fingerprint density at radius 1 is 1.36 bits per heavy atom. The van der Waals surface area contributed by atoms with Crippen LogP contribution in [0.3, 0.4) is 0 Å². The molecule has 1 aromatic carbocycles. The van der Waals surface area contributed by atoms with Gasteiger partial charge in [-0.1, -0.05) is 18.2 Å². The Bertz CT molecular complexity index is 307. The number of fused-ring (bicyclic) bond motifs is 1. The number of hydrogen-bond donors (Lipinski definition) is 2. The number of nitrogens with one attached hydrogen (secondary N) is 1. The van der Waals surface area contributed by atoms with Crippen molar-refractivity contribution in [3.63, 3.8) is 0 Å². The van der Waals surface area contributed by atoms with Gasteiger partial charge in [0.2, 0.25) is 0 Å². The minimum Gasteiger partial charge on any atom is -0.330 e. The van der Waals surface area contributed by atoms with E-state index >= 15 is 0 Å². The Morgan fingerprint density at radius 2 is 2.29 bits per heavy atom. The highest BCUT2D eigenvalue weighted by Gasteiger charge is 2.11. The summed E-state index contributed by atoms with van der Waals surface area (Å²) in [7, 11) is 0. The van der Waals surface area contributed by atoms with Gasteiger partial charge in [-0.2, -0.15) is 0 Å². The van der Waals surface area contributed by atoms with Gasteiger partial charge in [-0.25, -0.2) is 0 Å². The van der Waals surface area contributed by atoms with Crippen LogP contribution in [-0.4, -0.2) is 13.1 Å². The third kappa shape index (κ3) is 1.97. The predicted molar refractivity (Wildman–Crippen MR) is 59.2 cm³/mol. The van der Waals surface area contributed by atoms with Gasteiger partial charge in [0.1, 0.15) is 0 Å². The molecule has 2 heteroatoms. The minimum atomic E-state index is 0.789. The van der Waals surface area contributed by atoms with Crippen molar-refractivity contribution in [2.75, 3.05) is 13.1 Å². The second kappa shape index (κ2) is 4.58. The van der Waals surface area contributed by atoms with E-state index < -0.39 is 0 Å². The van der Waals surface area contributed by atoms with Gasteiger partial charge in [0.05, 0.1) is 0 Å². The van der Waals surface area contributed by atoms with Crippen molar-refractivity contribution < 1.29 is 0 Å². The largest absolute Gasteiger partial charge is 0.330 e. The number of rotatable bonds is 3. The molecule has 1 heterocycles. The Kier molecular flexibility index (Phi) is 3.17. The van der Waals surface area contributed by atoms with Crippen LogP contribution in [0.4, 0.5) is 0 Å². The summed E-state index contributed by atoms with van der Waals surface area (Å²) >= 11 is 0. The topological polar surface area (TPSA) is 38.0 Å². The lowest BCUT2D eigenvalue weighted by molar-refractivity contribution is 0.635. The van der Waals surface area contributed by atoms with E-state index in [4.69, 9.17) is 5.73 Å². The SMILES string of the molecule is NCCCc1cccc2c1CNCC2. The first-order valence-corrected chi connectivity index (χ1v) is 5.42. The second-order valence-corrected chi connectivity index (χ2v) is 3.87. The highest BCUT2D eigenvalue weighted by molar-refractivity contribution is 5.37. The van der Waals surface area contributed by atoms with E-state index in [1.54, 1.807) is 0 Å². The van der Waals surface area contributed by atoms with Crippen molar-refractivity contribution in [2.24, 2.45) is 5.73 Å². The zero-order valence-corrected chi connectivity index (χ0v) is 8.55. The van der Waals surface area contributed by atoms with Crippen LogP contribution in [0.25, 0.3) is 0 Å². The van der Waals surface area contributed by atoms with Crippen LogP contribution in [0.2, 0.25) is 0 Å². The van der Waals surface area contributed by atoms with Gasteiger partial charge in [-0.3, -0.25) is 0 Å². The van der Waals surface area contributed by atoms with E-state index in [1.807, 2.05) is 0 Å². The first-order valence-electron chi connectivity index (χ1n) is 5.42. The fourth-order valence-electron chi connectivity index (χ4n) is 2.11. The molecular weight excluding hydrogens is 172 g/mol. The molecule has 14 heavy (non-hydrogen) atoms. The summed E-state index contributed by atoms with van der Waals surface area (Å²) in [6.45, 7) is 2.94. The normalized spacial score (nSPS) is 15.2. The molecule has 2 nitrogen and oxygen atoms in total. The quantitative estimate of drug-likeness (QED) is 0.752. The lowest BCUT2D eigenvalue weighted by Gasteiger charge is -2.20. The van der Waals surface area contributed by atoms with Crippen LogP contribution in [0.5, 0.6) is 0 Å². The average Bonchev–Trinajstić information content (AvgIpc) is 2.26. The van der Waals surface area contributed by atoms with Gasteiger partial charge in [-0.05, 0) is 49.0 Å². The fourth-order valence-corrected chi connectivity index (χ4v) is 2.11. The van der Waals surface area contributed by atoms with E-state index in [0.717, 1.165) is 32.5 Å². The minimum absolute atomic E-state index is 0.789. The molecule has 0 spiro atoms. The summed E-state index contributed by atoms with van der Waals surface area (Å²) in [5, 5.41) is 3.43. The first kappa shape index (κ1) is 9.69. The van der Waals surface area contributed by atoms with Crippen molar-refractivity contribution >= 4 is 0 Å². The molecule has 0 fully saturated rings. The van der Waals surface area contributed by atoms with Crippen LogP contribution in [0.15, 0.2) is 18.2 Å². The summed E-state index contributed by atoms with van der Waals surface area (Å²) in [5.74, 6) is 0. The average molecular weight is 190 g/mol. The van der Waals surface area contributed by atoms with Gasteiger partial charge in [0.15, 0.2) is 0 Å². The van der Waals surface area contributed by atoms with Gasteiger partial charge in [-0.15, -0.1) is 0 Å². The summed E-state index contributed by atoms with van der Waals surface area (Å²) in [4.78, 5) is 0. The van der Waals surface area contributed by atoms with Crippen molar-refractivity contribution in [2.45, 2.75) is 25.8 Å². The molecular formula is C12H18N2. The molecule has 0 saturated carbocycles. The third-order valence-electron chi connectivity index (χ3n) is 2.89. The highest BCUT2D eigenvalue weighted by Crippen LogP contribution is 2.19. The van der Waals surface area contributed by atoms with E-state index in [2.05, 4.69) is 23.5 Å². The lowest BCUT2D eigenvalue weighted by atomic mass is 9.94. The standard InChI is InChI=1S/C12H18N2/c13-7-2-5-10-3-1-4-11-6-8-14-9-12(10)11/h1,3-4,14H,2,5-9,13H2. The molecule has 0 aliphatic carbocycles. The van der Waals surface area contributed by atoms with Crippen molar-refractivity contribution in [3.8, 4) is 0 Å². The zero-order valence-electron chi connectivity index (χ0n) is 8.55. The number of hydrogen-bond acceptors (Lipinski definition) is 2. The first-order chi connectivity index (χ1) is 6.92. The molecule has 0 saturated heterocycles. The molecule has 0 unspecified atom stereocenters. The molecule has 2 rings (SSSR count). The molecule has 1 aliphatic rings. The fraction of sp³-hybridized carbons (Fsp3) is 0.500. The lowest BCUT2D eigenvalue weighted by Crippen LogP contribution is -2.24. The molecule has 0 bridgehead atoms. The maximum absolute atomic E-state index is 5.54. The maximum atomic E-state index is 5.54. The van der Waals surface area contributed by atoms with Crippen LogP contribution < -0.4 is 11.1 Å². The molecule has 1 aromatic rings. The van der Waals surface area contributed by atoms with Gasteiger partial charge >= 0.3 is 0 Å². The van der Waals surface area contributed by atoms with E-state index in [1.165, 1.54) is 23.1 Å². The smallest absolute Gasteiger partial charge is 0.0211 e. The Labute approximate surface area is 85.5 Å². The Morgan fingerprint density at radius 3 is 3.14 bits per heavy atom. The summed E-state index contributed by atoms with van der Waals surface area (Å²) < 4.78 is 0. The third-order valence-corrected chi connectivity index (χ3v) is 2.89. The van der Waals surface area contributed by atoms with Crippen molar-refractivity contribution in [3.05, 3.63) is 34.9 Å². The maximum Gasteiger partial charge on any atom is 0.0211 e. The molecule has 76 valence electrons. The van der Waals surface area contributed by atoms with Gasteiger partial charge < -0.3 is 11.1 Å². The van der Waals surface area contributed by atoms with Crippen LogP contribution in [0, 0.1) is 0 Å². The zero-order chi connectivity index (χ0) is 9.80. The van der Waals surface area contributed by atoms with Crippen LogP contribution in [0.1, 0.15) is 23.1 Å². The molecule has 0 amide bonds. The van der Waals surface area contributed by atoms with E-state index in [9.17, 15) is 0 Å². The summed E-state index contributed by atoms with van der Waals surface area (Å²) in [5.41, 5.74) is 10.1. The summed E-state index contributed by atoms with van der Waals surface area (Å²) in [6.07, 6.45) is 3.39. The predicted octanol–water partition coefficient (Wildman–Crippen LogP) is 1.22. The van der Waals surface area contributed by atoms with Crippen LogP contribution >= 0.6 is 0 Å². The number of nitrogens with two attached hydrogens (primary N) is 1. The van der Waals surface area contributed by atoms with E-state index in [0.29, 0.717) is 0 Å². The Hall–Kier alpha value is -0.860. The molecule has 3 N–H and O–H groups in total. The summed E-state index contributed by atoms with van der Waals surface area (Å²) in [6, 6.07) is 6.67. The molecule has 0 aromatic heterocycles. The van der Waals surface area contributed by atoms with E-state index in [-0.39, 0.29) is 0 Å². The van der Waals surface area contributed by atoms with Gasteiger partial charge in [0.25, 0.3) is 0 Å². The molecule has 0 atom stereocenters. The van der Waals surface area contributed by atoms with Crippen molar-refractivity contribution in [1.29, 1.82) is 0 Å². The van der Waals surface area contributed by atoms with Gasteiger partial charge in [0, 0.05) is 6.54 Å². The Balaban J connectivity index is 2.21. The number of aryl methyl sites for hydroxylation is 1. The highest BCUT2D eigenvalue weighted by atomic mass is 14.9. The molecule has 1 aliphatic heterocycles. The van der Waals surface area contributed by atoms with Crippen LogP contribution in [-0.2, 0) is 19.4 Å². The number of benzene rings is 1. The monoisotopic (exact) mass is 190 g/mol. The molecule has 0 radical (unpaired) electrons. The van der Waals surface area contributed by atoms with Crippen molar-refractivity contribution in [1.82, 2.24) is 5.32 Å².